The van der Waals surface area contributed by atoms with E-state index in [0.29, 0.717) is 24.2 Å². The number of para-hydroxylation sites is 1. The lowest BCUT2D eigenvalue weighted by molar-refractivity contribution is -0.140. The fraction of sp³-hybridized carbons (Fsp3) is 0.345. The van der Waals surface area contributed by atoms with Gasteiger partial charge in [0.1, 0.15) is 17.6 Å². The Bertz CT molecular complexity index is 1570. The molecule has 2 aromatic heterocycles. The van der Waals surface area contributed by atoms with Crippen LogP contribution in [0.2, 0.25) is 0 Å². The summed E-state index contributed by atoms with van der Waals surface area (Å²) < 4.78 is 15.6. The molecule has 6 rings (SSSR count). The fourth-order valence-electron chi connectivity index (χ4n) is 5.63. The Hall–Kier alpha value is -4.22. The van der Waals surface area contributed by atoms with Crippen LogP contribution < -0.4 is 5.32 Å². The number of aliphatic hydroxyl groups is 2. The number of carbonyl (C=O) groups is 2. The molecule has 2 aromatic carbocycles. The highest BCUT2D eigenvalue weighted by molar-refractivity contribution is 5.89. The van der Waals surface area contributed by atoms with Crippen molar-refractivity contribution in [2.75, 3.05) is 6.54 Å². The van der Waals surface area contributed by atoms with Crippen molar-refractivity contribution in [1.82, 2.24) is 30.2 Å². The first-order valence-corrected chi connectivity index (χ1v) is 13.3. The average molecular weight is 545 g/mol. The Kier molecular flexibility index (Phi) is 6.77. The zero-order chi connectivity index (χ0) is 27.9. The molecule has 2 atom stereocenters. The second kappa shape index (κ2) is 10.4. The normalized spacial score (nSPS) is 24.2. The van der Waals surface area contributed by atoms with Gasteiger partial charge in [0, 0.05) is 24.4 Å². The maximum Gasteiger partial charge on any atom is 0.243 e. The third-order valence-corrected chi connectivity index (χ3v) is 7.66. The summed E-state index contributed by atoms with van der Waals surface area (Å²) in [6.45, 7) is 0.218. The number of rotatable bonds is 7. The van der Waals surface area contributed by atoms with Crippen molar-refractivity contribution in [3.8, 4) is 11.4 Å². The van der Waals surface area contributed by atoms with Gasteiger partial charge in [-0.3, -0.25) is 9.59 Å². The van der Waals surface area contributed by atoms with Gasteiger partial charge in [0.05, 0.1) is 42.1 Å². The van der Waals surface area contributed by atoms with Crippen LogP contribution in [0.4, 0.5) is 4.39 Å². The maximum atomic E-state index is 14.0. The third kappa shape index (κ3) is 5.30. The lowest BCUT2D eigenvalue weighted by Crippen LogP contribution is -2.59. The minimum atomic E-state index is -1.07. The van der Waals surface area contributed by atoms with Crippen molar-refractivity contribution in [2.24, 2.45) is 0 Å². The number of hydrogen-bond donors (Lipinski definition) is 3. The van der Waals surface area contributed by atoms with Crippen LogP contribution in [0.25, 0.3) is 22.3 Å². The summed E-state index contributed by atoms with van der Waals surface area (Å²) in [6.07, 6.45) is 1.43. The summed E-state index contributed by atoms with van der Waals surface area (Å²) in [5.41, 5.74) is 1.30. The van der Waals surface area contributed by atoms with E-state index in [0.717, 1.165) is 10.9 Å². The second-order valence-electron chi connectivity index (χ2n) is 10.7. The summed E-state index contributed by atoms with van der Waals surface area (Å²) >= 11 is 0. The molecule has 2 aliphatic rings. The molecule has 2 unspecified atom stereocenters. The van der Waals surface area contributed by atoms with Crippen molar-refractivity contribution in [2.45, 2.75) is 56.0 Å². The first-order chi connectivity index (χ1) is 19.3. The predicted octanol–water partition coefficient (Wildman–Crippen LogP) is 1.85. The van der Waals surface area contributed by atoms with E-state index in [1.807, 2.05) is 36.4 Å². The standard InChI is InChI=1S/C29H29FN6O4/c30-22-7-3-1-6-19(22)11-27(38)36-15-21(37)12-26(36)28(39)31-20-13-29(40,14-20)17-35-16-25(33-34-35)24-10-9-18-5-2-4-8-23(18)32-24/h1-10,16,20-21,26,37,40H,11-15,17H2,(H,31,39). The molecule has 2 fully saturated rings. The Labute approximate surface area is 229 Å². The highest BCUT2D eigenvalue weighted by Crippen LogP contribution is 2.34. The summed E-state index contributed by atoms with van der Waals surface area (Å²) in [5, 5.41) is 33.5. The highest BCUT2D eigenvalue weighted by Gasteiger charge is 2.46. The minimum Gasteiger partial charge on any atom is -0.391 e. The van der Waals surface area contributed by atoms with Gasteiger partial charge in [-0.15, -0.1) is 5.10 Å². The van der Waals surface area contributed by atoms with Crippen LogP contribution in [-0.2, 0) is 22.6 Å². The van der Waals surface area contributed by atoms with Crippen molar-refractivity contribution in [1.29, 1.82) is 0 Å². The maximum absolute atomic E-state index is 14.0. The van der Waals surface area contributed by atoms with Crippen LogP contribution in [0.1, 0.15) is 24.8 Å². The number of pyridine rings is 1. The van der Waals surface area contributed by atoms with Crippen LogP contribution in [0, 0.1) is 5.82 Å². The van der Waals surface area contributed by atoms with Gasteiger partial charge in [-0.25, -0.2) is 14.1 Å². The molecule has 1 saturated heterocycles. The van der Waals surface area contributed by atoms with Crippen molar-refractivity contribution in [3.05, 3.63) is 78.2 Å². The number of halogens is 1. The first kappa shape index (κ1) is 26.0. The van der Waals surface area contributed by atoms with E-state index >= 15 is 0 Å². The van der Waals surface area contributed by atoms with Gasteiger partial charge in [0.15, 0.2) is 0 Å². The lowest BCUT2D eigenvalue weighted by Gasteiger charge is -2.44. The molecule has 10 nitrogen and oxygen atoms in total. The van der Waals surface area contributed by atoms with Crippen LogP contribution in [0.5, 0.6) is 0 Å². The van der Waals surface area contributed by atoms with E-state index in [4.69, 9.17) is 0 Å². The van der Waals surface area contributed by atoms with E-state index < -0.39 is 35.4 Å². The number of aliphatic hydroxyl groups excluding tert-OH is 1. The number of nitrogens with zero attached hydrogens (tertiary/aromatic N) is 5. The van der Waals surface area contributed by atoms with Crippen LogP contribution in [0.3, 0.4) is 0 Å². The Morgan fingerprint density at radius 1 is 1.05 bits per heavy atom. The molecule has 3 heterocycles. The number of hydrogen-bond acceptors (Lipinski definition) is 7. The first-order valence-electron chi connectivity index (χ1n) is 13.3. The van der Waals surface area contributed by atoms with Crippen molar-refractivity contribution in [3.63, 3.8) is 0 Å². The molecule has 3 N–H and O–H groups in total. The van der Waals surface area contributed by atoms with Crippen molar-refractivity contribution < 1.29 is 24.2 Å². The summed E-state index contributed by atoms with van der Waals surface area (Å²) in [5.74, 6) is -1.30. The summed E-state index contributed by atoms with van der Waals surface area (Å²) in [4.78, 5) is 31.9. The minimum absolute atomic E-state index is 0.0146. The quantitative estimate of drug-likeness (QED) is 0.323. The molecule has 0 spiro atoms. The number of β-amino-alcohol motifs (C(OH)–C–C–N with tert-alkyl or cyclic N) is 1. The number of likely N-dealkylation sites (tertiary alicyclic amines) is 1. The molecular weight excluding hydrogens is 515 g/mol. The van der Waals surface area contributed by atoms with Gasteiger partial charge < -0.3 is 20.4 Å². The number of fused-ring (bicyclic) bond motifs is 1. The van der Waals surface area contributed by atoms with Crippen LogP contribution in [0.15, 0.2) is 66.9 Å². The second-order valence-corrected chi connectivity index (χ2v) is 10.7. The largest absolute Gasteiger partial charge is 0.391 e. The smallest absolute Gasteiger partial charge is 0.243 e. The number of amides is 2. The molecule has 1 saturated carbocycles. The molecule has 206 valence electrons. The number of benzene rings is 2. The molecule has 0 bridgehead atoms. The summed E-state index contributed by atoms with van der Waals surface area (Å²) in [6, 6.07) is 16.5. The monoisotopic (exact) mass is 544 g/mol. The molecule has 0 radical (unpaired) electrons. The molecular formula is C29H29FN6O4. The van der Waals surface area contributed by atoms with E-state index in [1.165, 1.54) is 17.0 Å². The van der Waals surface area contributed by atoms with Gasteiger partial charge in [-0.1, -0.05) is 47.7 Å². The number of aromatic nitrogens is 4. The van der Waals surface area contributed by atoms with Gasteiger partial charge in [0.25, 0.3) is 0 Å². The average Bonchev–Trinajstić information content (AvgIpc) is 3.55. The Morgan fingerprint density at radius 3 is 2.65 bits per heavy atom. The SMILES string of the molecule is O=C(NC1CC(O)(Cn2cc(-c3ccc4ccccc4n3)nn2)C1)C1CC(O)CN1C(=O)Cc1ccccc1F. The molecule has 1 aliphatic heterocycles. The Balaban J connectivity index is 1.04. The molecule has 11 heteroatoms. The fourth-order valence-corrected chi connectivity index (χ4v) is 5.63. The molecule has 40 heavy (non-hydrogen) atoms. The van der Waals surface area contributed by atoms with Crippen LogP contribution >= 0.6 is 0 Å². The van der Waals surface area contributed by atoms with E-state index in [-0.39, 0.29) is 37.5 Å². The van der Waals surface area contributed by atoms with Gasteiger partial charge in [-0.2, -0.15) is 0 Å². The van der Waals surface area contributed by atoms with E-state index in [9.17, 15) is 24.2 Å². The third-order valence-electron chi connectivity index (χ3n) is 7.66. The Morgan fingerprint density at radius 2 is 1.82 bits per heavy atom. The van der Waals surface area contributed by atoms with Gasteiger partial charge in [-0.05, 0) is 36.6 Å². The summed E-state index contributed by atoms with van der Waals surface area (Å²) in [7, 11) is 0. The number of carbonyl (C=O) groups excluding carboxylic acids is 2. The molecule has 1 aliphatic carbocycles. The van der Waals surface area contributed by atoms with Crippen LogP contribution in [-0.4, -0.2) is 77.2 Å². The number of nitrogens with one attached hydrogen (secondary N) is 1. The zero-order valence-corrected chi connectivity index (χ0v) is 21.7. The van der Waals surface area contributed by atoms with E-state index in [1.54, 1.807) is 23.0 Å². The van der Waals surface area contributed by atoms with Gasteiger partial charge in [0.2, 0.25) is 11.8 Å². The predicted molar refractivity (Wildman–Crippen MR) is 143 cm³/mol. The van der Waals surface area contributed by atoms with E-state index in [2.05, 4.69) is 20.6 Å². The van der Waals surface area contributed by atoms with Crippen molar-refractivity contribution >= 4 is 22.7 Å². The zero-order valence-electron chi connectivity index (χ0n) is 21.7. The topological polar surface area (TPSA) is 133 Å². The molecule has 2 amide bonds. The van der Waals surface area contributed by atoms with Gasteiger partial charge >= 0.3 is 0 Å². The highest BCUT2D eigenvalue weighted by atomic mass is 19.1. The lowest BCUT2D eigenvalue weighted by atomic mass is 9.75. The molecule has 4 aromatic rings.